The van der Waals surface area contributed by atoms with Crippen LogP contribution >= 0.6 is 11.3 Å². The molecule has 1 saturated carbocycles. The number of likely N-dealkylation sites (N-methyl/N-ethyl adjacent to an activating group) is 1. The molecular formula is C48H62N7O6SSi2. The van der Waals surface area contributed by atoms with Crippen molar-refractivity contribution >= 4 is 65.7 Å². The molecule has 4 unspecified atom stereocenters. The number of pyridine rings is 1. The Kier molecular flexibility index (Phi) is 12.7. The number of nitrogens with one attached hydrogen (secondary N) is 1. The van der Waals surface area contributed by atoms with Crippen molar-refractivity contribution in [3.63, 3.8) is 0 Å². The van der Waals surface area contributed by atoms with E-state index in [1.807, 2.05) is 40.7 Å². The molecule has 6 heterocycles. The zero-order chi connectivity index (χ0) is 46.0. The Balaban J connectivity index is 1.26. The molecule has 1 N–H and O–H groups in total. The van der Waals surface area contributed by atoms with E-state index in [0.29, 0.717) is 61.4 Å². The molecule has 339 valence electrons. The summed E-state index contributed by atoms with van der Waals surface area (Å²) >= 11 is 1.52. The molecule has 64 heavy (non-hydrogen) atoms. The van der Waals surface area contributed by atoms with Gasteiger partial charge in [0.05, 0.1) is 55.6 Å². The van der Waals surface area contributed by atoms with E-state index in [-0.39, 0.29) is 41.3 Å². The first kappa shape index (κ1) is 46.3. The maximum absolute atomic E-state index is 15.4. The number of aryl methyl sites for hydroxylation is 1. The van der Waals surface area contributed by atoms with Crippen molar-refractivity contribution in [1.29, 1.82) is 0 Å². The number of carbonyl (C=O) groups excluding carboxylic acids is 4. The molecule has 4 aliphatic rings. The highest BCUT2D eigenvalue weighted by Gasteiger charge is 2.77. The lowest BCUT2D eigenvalue weighted by Gasteiger charge is -2.51. The summed E-state index contributed by atoms with van der Waals surface area (Å²) in [7, 11) is 7.69. The minimum absolute atomic E-state index is 0.0151. The maximum Gasteiger partial charge on any atom is 0.324 e. The van der Waals surface area contributed by atoms with Crippen molar-refractivity contribution in [3.8, 4) is 22.5 Å². The summed E-state index contributed by atoms with van der Waals surface area (Å²) in [4.78, 5) is 71.9. The molecule has 2 saturated heterocycles. The van der Waals surface area contributed by atoms with Crippen molar-refractivity contribution in [2.75, 3.05) is 40.4 Å². The van der Waals surface area contributed by atoms with Gasteiger partial charge in [0, 0.05) is 101 Å². The Labute approximate surface area is 387 Å². The number of urea groups is 1. The number of esters is 1. The summed E-state index contributed by atoms with van der Waals surface area (Å²) in [6, 6.07) is 8.90. The predicted octanol–water partition coefficient (Wildman–Crippen LogP) is 6.90. The molecule has 4 aromatic rings. The van der Waals surface area contributed by atoms with Crippen molar-refractivity contribution in [2.45, 2.75) is 116 Å². The number of thiazole rings is 1. The molecule has 16 heteroatoms. The van der Waals surface area contributed by atoms with Gasteiger partial charge in [0.25, 0.3) is 0 Å². The van der Waals surface area contributed by atoms with Crippen LogP contribution in [0.25, 0.3) is 33.4 Å². The monoisotopic (exact) mass is 920 g/mol. The van der Waals surface area contributed by atoms with E-state index in [1.165, 1.54) is 11.3 Å². The number of Topliss-reactive ketones (excluding diaryl/α,β-unsaturated/α-hetero) is 1. The lowest BCUT2D eigenvalue weighted by atomic mass is 9.55. The summed E-state index contributed by atoms with van der Waals surface area (Å²) in [6.07, 6.45) is 3.78. The second kappa shape index (κ2) is 17.5. The summed E-state index contributed by atoms with van der Waals surface area (Å²) < 4.78 is 14.5. The third-order valence-electron chi connectivity index (χ3n) is 14.1. The molecule has 1 spiro atoms. The number of aromatic nitrogens is 3. The van der Waals surface area contributed by atoms with Crippen LogP contribution in [0, 0.1) is 22.7 Å². The molecule has 5 radical (unpaired) electrons. The van der Waals surface area contributed by atoms with E-state index < -0.39 is 40.0 Å². The van der Waals surface area contributed by atoms with Gasteiger partial charge in [0.1, 0.15) is 6.04 Å². The van der Waals surface area contributed by atoms with Crippen LogP contribution in [0.4, 0.5) is 4.79 Å². The zero-order valence-electron chi connectivity index (χ0n) is 38.9. The van der Waals surface area contributed by atoms with Crippen LogP contribution < -0.4 is 5.43 Å². The number of fused-ring (bicyclic) bond motifs is 8. The van der Waals surface area contributed by atoms with Crippen molar-refractivity contribution in [1.82, 2.24) is 34.8 Å². The molecule has 3 fully saturated rings. The third kappa shape index (κ3) is 7.88. The molecule has 8 rings (SSSR count). The number of cyclic esters (lactones) is 1. The van der Waals surface area contributed by atoms with E-state index in [2.05, 4.69) is 70.7 Å². The van der Waals surface area contributed by atoms with Crippen LogP contribution in [0.15, 0.2) is 41.9 Å². The van der Waals surface area contributed by atoms with Crippen molar-refractivity contribution in [3.05, 3.63) is 58.2 Å². The highest BCUT2D eigenvalue weighted by molar-refractivity contribution is 7.10. The van der Waals surface area contributed by atoms with Crippen molar-refractivity contribution in [2.24, 2.45) is 22.7 Å². The van der Waals surface area contributed by atoms with Gasteiger partial charge >= 0.3 is 12.0 Å². The lowest BCUT2D eigenvalue weighted by Crippen LogP contribution is -2.65. The maximum atomic E-state index is 15.4. The molecule has 3 amide bonds. The summed E-state index contributed by atoms with van der Waals surface area (Å²) in [6.45, 7) is 18.5. The van der Waals surface area contributed by atoms with Gasteiger partial charge in [-0.1, -0.05) is 33.8 Å². The van der Waals surface area contributed by atoms with Gasteiger partial charge in [-0.05, 0) is 93.8 Å². The van der Waals surface area contributed by atoms with E-state index in [4.69, 9.17) is 19.4 Å². The van der Waals surface area contributed by atoms with Crippen LogP contribution in [0.3, 0.4) is 0 Å². The normalized spacial score (nSPS) is 25.5. The Morgan fingerprint density at radius 3 is 2.59 bits per heavy atom. The van der Waals surface area contributed by atoms with Crippen LogP contribution in [0.1, 0.15) is 84.5 Å². The lowest BCUT2D eigenvalue weighted by molar-refractivity contribution is -0.166. The molecule has 7 atom stereocenters. The largest absolute Gasteiger partial charge is 0.464 e. The van der Waals surface area contributed by atoms with Gasteiger partial charge < -0.3 is 23.8 Å². The smallest absolute Gasteiger partial charge is 0.324 e. The SMILES string of the molecule is CCN(CC)C(=O)N(C)[C@H](C(=O)C1C2[Si]C2C12Cc1nc(cs1)-c1ccc3c(c1)c(c(-c1cccnc1[C@@](C)([Si])OC)n3CC)CC(C)(C)COC(=O)[C@@H]1CCCN(N1)C2=O)C(C)C. The van der Waals surface area contributed by atoms with E-state index in [1.54, 1.807) is 35.2 Å². The van der Waals surface area contributed by atoms with Crippen LogP contribution in [-0.2, 0) is 48.5 Å². The third-order valence-corrected chi connectivity index (χ3v) is 17.3. The number of ether oxygens (including phenoxy) is 2. The summed E-state index contributed by atoms with van der Waals surface area (Å²) in [5, 5.41) is 4.66. The topological polar surface area (TPSA) is 139 Å². The van der Waals surface area contributed by atoms with Gasteiger partial charge in [-0.25, -0.2) is 15.2 Å². The first-order valence-corrected chi connectivity index (χ1v) is 25.4. The van der Waals surface area contributed by atoms with Crippen LogP contribution in [0.2, 0.25) is 11.1 Å². The number of amides is 3. The Bertz CT molecular complexity index is 2460. The Hall–Kier alpha value is -4.23. The fourth-order valence-corrected chi connectivity index (χ4v) is 14.0. The van der Waals surface area contributed by atoms with Gasteiger partial charge in [0.15, 0.2) is 5.78 Å². The highest BCUT2D eigenvalue weighted by Crippen LogP contribution is 2.76. The van der Waals surface area contributed by atoms with Gasteiger partial charge in [0.2, 0.25) is 5.91 Å². The standard InChI is InChI=1S/C48H62N7O6SSi2/c1-11-53(12-2)45(59)52(9)37(27(4)5)39(56)36-40-42(64-40)48(36)24-35-50-33(25-62-35)28-18-19-34-30(22-28)31(38(54(34)13-3)29-16-14-20-49-41(29)47(8,63)60-10)23-46(6,7)26-61-43(57)32-17-15-21-55(51-32)44(48)58/h14,16,18-20,22,25,27,32,36-37,40,42,51H,11-13,15,17,21,23-24,26H2,1-10H3/t32-,36?,37-,40?,42?,47+,48?/m0/s1. The fraction of sp³-hybridized carbons (Fsp3) is 0.583. The number of hydrazine groups is 1. The molecular weight excluding hydrogens is 859 g/mol. The predicted molar refractivity (Wildman–Crippen MR) is 251 cm³/mol. The highest BCUT2D eigenvalue weighted by atomic mass is 32.1. The average molecular weight is 921 g/mol. The average Bonchev–Trinajstić information content (AvgIpc) is 3.67. The van der Waals surface area contributed by atoms with Crippen molar-refractivity contribution < 1.29 is 28.7 Å². The van der Waals surface area contributed by atoms with E-state index >= 15 is 9.59 Å². The molecule has 3 aliphatic heterocycles. The zero-order valence-corrected chi connectivity index (χ0v) is 41.7. The second-order valence-corrected chi connectivity index (χ2v) is 22.8. The van der Waals surface area contributed by atoms with Gasteiger partial charge in [-0.2, -0.15) is 0 Å². The Morgan fingerprint density at radius 2 is 1.91 bits per heavy atom. The molecule has 13 nitrogen and oxygen atoms in total. The molecule has 6 bridgehead atoms. The number of hydrogen-bond acceptors (Lipinski definition) is 10. The minimum Gasteiger partial charge on any atom is -0.464 e. The van der Waals surface area contributed by atoms with E-state index in [9.17, 15) is 9.59 Å². The summed E-state index contributed by atoms with van der Waals surface area (Å²) in [5.74, 6) is -1.42. The number of ketones is 1. The van der Waals surface area contributed by atoms with Crippen LogP contribution in [0.5, 0.6) is 0 Å². The molecule has 3 aromatic heterocycles. The minimum atomic E-state index is -1.08. The number of nitrogens with zero attached hydrogens (tertiary/aromatic N) is 6. The molecule has 1 aliphatic carbocycles. The number of rotatable bonds is 10. The number of hydrogen-bond donors (Lipinski definition) is 1. The number of methoxy groups -OCH3 is 1. The Morgan fingerprint density at radius 1 is 1.16 bits per heavy atom. The number of carbonyl (C=O) groups is 4. The van der Waals surface area contributed by atoms with E-state index in [0.717, 1.165) is 49.7 Å². The quantitative estimate of drug-likeness (QED) is 0.133. The number of benzene rings is 1. The van der Waals surface area contributed by atoms with Gasteiger partial charge in [-0.3, -0.25) is 24.4 Å². The fourth-order valence-electron chi connectivity index (χ4n) is 10.8. The summed E-state index contributed by atoms with van der Waals surface area (Å²) in [5.41, 5.74) is 8.45. The first-order valence-electron chi connectivity index (χ1n) is 22.8. The first-order chi connectivity index (χ1) is 30.4. The van der Waals surface area contributed by atoms with Gasteiger partial charge in [-0.15, -0.1) is 11.3 Å². The van der Waals surface area contributed by atoms with Crippen LogP contribution in [-0.4, -0.2) is 125 Å². The second-order valence-electron chi connectivity index (χ2n) is 19.3. The molecule has 1 aromatic carbocycles.